The fourth-order valence-electron chi connectivity index (χ4n) is 2.94. The summed E-state index contributed by atoms with van der Waals surface area (Å²) in [6.45, 7) is 6.19. The number of carbonyl (C=O) groups is 1. The van der Waals surface area contributed by atoms with Gasteiger partial charge in [0.05, 0.1) is 0 Å². The van der Waals surface area contributed by atoms with Crippen LogP contribution in [0.15, 0.2) is 0 Å². The number of piperidine rings is 1. The molecule has 0 aliphatic carbocycles. The van der Waals surface area contributed by atoms with Crippen LogP contribution in [0.5, 0.6) is 0 Å². The van der Waals surface area contributed by atoms with Crippen LogP contribution < -0.4 is 11.1 Å². The lowest BCUT2D eigenvalue weighted by Crippen LogP contribution is -2.43. The summed E-state index contributed by atoms with van der Waals surface area (Å²) in [6, 6.07) is 0. The molecular weight excluding hydrogens is 242 g/mol. The van der Waals surface area contributed by atoms with E-state index >= 15 is 0 Å². The molecule has 3 N–H and O–H groups in total. The Hall–Kier alpha value is -0.650. The van der Waals surface area contributed by atoms with Crippen LogP contribution in [-0.4, -0.2) is 56.7 Å². The average molecular weight is 269 g/mol. The van der Waals surface area contributed by atoms with Crippen molar-refractivity contribution in [2.75, 3.05) is 45.9 Å². The van der Waals surface area contributed by atoms with Gasteiger partial charge in [-0.3, -0.25) is 4.79 Å². The second-order valence-corrected chi connectivity index (χ2v) is 5.71. The summed E-state index contributed by atoms with van der Waals surface area (Å²) in [5, 5.41) is 3.13. The van der Waals surface area contributed by atoms with Crippen LogP contribution in [0.2, 0.25) is 0 Å². The molecule has 2 saturated heterocycles. The largest absolute Gasteiger partial charge is 0.381 e. The number of amides is 1. The van der Waals surface area contributed by atoms with E-state index in [0.717, 1.165) is 65.1 Å². The average Bonchev–Trinajstić information content (AvgIpc) is 2.47. The third-order valence-electron chi connectivity index (χ3n) is 4.31. The zero-order valence-electron chi connectivity index (χ0n) is 11.8. The number of carbonyl (C=O) groups excluding carboxylic acids is 1. The molecule has 0 aromatic heterocycles. The van der Waals surface area contributed by atoms with Gasteiger partial charge in [0.2, 0.25) is 5.91 Å². The van der Waals surface area contributed by atoms with E-state index in [2.05, 4.69) is 10.2 Å². The van der Waals surface area contributed by atoms with Gasteiger partial charge in [0.25, 0.3) is 0 Å². The van der Waals surface area contributed by atoms with E-state index in [0.29, 0.717) is 12.5 Å². The van der Waals surface area contributed by atoms with Gasteiger partial charge in [0, 0.05) is 38.8 Å². The van der Waals surface area contributed by atoms with Crippen molar-refractivity contribution in [1.82, 2.24) is 10.2 Å². The van der Waals surface area contributed by atoms with Crippen molar-refractivity contribution in [3.63, 3.8) is 0 Å². The fourth-order valence-corrected chi connectivity index (χ4v) is 2.94. The van der Waals surface area contributed by atoms with Gasteiger partial charge < -0.3 is 20.7 Å². The zero-order chi connectivity index (χ0) is 13.5. The van der Waals surface area contributed by atoms with Crippen LogP contribution in [0.4, 0.5) is 0 Å². The van der Waals surface area contributed by atoms with Crippen molar-refractivity contribution in [2.45, 2.75) is 25.7 Å². The molecule has 0 radical (unpaired) electrons. The number of rotatable bonds is 5. The molecule has 110 valence electrons. The molecule has 2 rings (SSSR count). The highest BCUT2D eigenvalue weighted by Crippen LogP contribution is 2.18. The summed E-state index contributed by atoms with van der Waals surface area (Å²) < 4.78 is 5.33. The van der Waals surface area contributed by atoms with Crippen molar-refractivity contribution in [1.29, 1.82) is 0 Å². The standard InChI is InChI=1S/C14H27N3O2/c15-5-8-17-6-1-13(2-7-17)14(18)16-11-12-3-9-19-10-4-12/h12-13H,1-11,15H2,(H,16,18). The molecule has 0 aromatic carbocycles. The van der Waals surface area contributed by atoms with Crippen LogP contribution in [0, 0.1) is 11.8 Å². The highest BCUT2D eigenvalue weighted by atomic mass is 16.5. The predicted octanol–water partition coefficient (Wildman–Crippen LogP) is 0.200. The molecular formula is C14H27N3O2. The van der Waals surface area contributed by atoms with Crippen LogP contribution in [0.3, 0.4) is 0 Å². The first-order chi connectivity index (χ1) is 9.29. The number of hydrogen-bond acceptors (Lipinski definition) is 4. The minimum atomic E-state index is 0.203. The van der Waals surface area contributed by atoms with E-state index in [1.54, 1.807) is 0 Å². The molecule has 0 unspecified atom stereocenters. The topological polar surface area (TPSA) is 67.6 Å². The quantitative estimate of drug-likeness (QED) is 0.748. The third kappa shape index (κ3) is 4.75. The van der Waals surface area contributed by atoms with E-state index < -0.39 is 0 Å². The summed E-state index contributed by atoms with van der Waals surface area (Å²) in [5.41, 5.74) is 5.55. The van der Waals surface area contributed by atoms with Crippen LogP contribution in [0.1, 0.15) is 25.7 Å². The van der Waals surface area contributed by atoms with E-state index in [1.165, 1.54) is 0 Å². The molecule has 0 atom stereocenters. The van der Waals surface area contributed by atoms with Gasteiger partial charge in [0.15, 0.2) is 0 Å². The molecule has 1 amide bonds. The van der Waals surface area contributed by atoms with Gasteiger partial charge in [-0.25, -0.2) is 0 Å². The Morgan fingerprint density at radius 3 is 2.53 bits per heavy atom. The molecule has 2 fully saturated rings. The molecule has 2 heterocycles. The van der Waals surface area contributed by atoms with Crippen molar-refractivity contribution in [3.8, 4) is 0 Å². The first-order valence-corrected chi connectivity index (χ1v) is 7.57. The van der Waals surface area contributed by atoms with Crippen LogP contribution >= 0.6 is 0 Å². The smallest absolute Gasteiger partial charge is 0.223 e. The Bertz CT molecular complexity index is 272. The molecule has 2 aliphatic heterocycles. The lowest BCUT2D eigenvalue weighted by molar-refractivity contribution is -0.126. The monoisotopic (exact) mass is 269 g/mol. The molecule has 5 nitrogen and oxygen atoms in total. The third-order valence-corrected chi connectivity index (χ3v) is 4.31. The van der Waals surface area contributed by atoms with E-state index in [9.17, 15) is 4.79 Å². The number of likely N-dealkylation sites (tertiary alicyclic amines) is 1. The molecule has 0 saturated carbocycles. The summed E-state index contributed by atoms with van der Waals surface area (Å²) in [4.78, 5) is 14.5. The lowest BCUT2D eigenvalue weighted by Gasteiger charge is -2.31. The minimum absolute atomic E-state index is 0.203. The Balaban J connectivity index is 1.63. The predicted molar refractivity (Wildman–Crippen MR) is 74.8 cm³/mol. The number of hydrogen-bond donors (Lipinski definition) is 2. The van der Waals surface area contributed by atoms with Crippen LogP contribution in [-0.2, 0) is 9.53 Å². The SMILES string of the molecule is NCCN1CCC(C(=O)NCC2CCOCC2)CC1. The second-order valence-electron chi connectivity index (χ2n) is 5.71. The minimum Gasteiger partial charge on any atom is -0.381 e. The number of nitrogens with one attached hydrogen (secondary N) is 1. The number of ether oxygens (including phenoxy) is 1. The molecule has 2 aliphatic rings. The normalized spacial score (nSPS) is 23.4. The van der Waals surface area contributed by atoms with Gasteiger partial charge >= 0.3 is 0 Å². The lowest BCUT2D eigenvalue weighted by atomic mass is 9.95. The summed E-state index contributed by atoms with van der Waals surface area (Å²) >= 11 is 0. The fraction of sp³-hybridized carbons (Fsp3) is 0.929. The van der Waals surface area contributed by atoms with Crippen molar-refractivity contribution in [3.05, 3.63) is 0 Å². The molecule has 0 bridgehead atoms. The molecule has 0 spiro atoms. The first kappa shape index (κ1) is 14.8. The van der Waals surface area contributed by atoms with E-state index in [1.807, 2.05) is 0 Å². The molecule has 19 heavy (non-hydrogen) atoms. The molecule has 5 heteroatoms. The van der Waals surface area contributed by atoms with Crippen molar-refractivity contribution >= 4 is 5.91 Å². The molecule has 0 aromatic rings. The van der Waals surface area contributed by atoms with Gasteiger partial charge in [-0.1, -0.05) is 0 Å². The summed E-state index contributed by atoms with van der Waals surface area (Å²) in [5.74, 6) is 1.06. The van der Waals surface area contributed by atoms with Crippen molar-refractivity contribution < 1.29 is 9.53 Å². The van der Waals surface area contributed by atoms with E-state index in [4.69, 9.17) is 10.5 Å². The second kappa shape index (κ2) is 7.82. The van der Waals surface area contributed by atoms with Gasteiger partial charge in [0.1, 0.15) is 0 Å². The highest BCUT2D eigenvalue weighted by molar-refractivity contribution is 5.78. The van der Waals surface area contributed by atoms with E-state index in [-0.39, 0.29) is 11.8 Å². The summed E-state index contributed by atoms with van der Waals surface area (Å²) in [6.07, 6.45) is 4.10. The van der Waals surface area contributed by atoms with Crippen LogP contribution in [0.25, 0.3) is 0 Å². The number of nitrogens with zero attached hydrogens (tertiary/aromatic N) is 1. The Kier molecular flexibility index (Phi) is 6.07. The van der Waals surface area contributed by atoms with Gasteiger partial charge in [-0.05, 0) is 44.7 Å². The zero-order valence-corrected chi connectivity index (χ0v) is 11.8. The van der Waals surface area contributed by atoms with Gasteiger partial charge in [-0.2, -0.15) is 0 Å². The van der Waals surface area contributed by atoms with Crippen molar-refractivity contribution in [2.24, 2.45) is 17.6 Å². The van der Waals surface area contributed by atoms with Gasteiger partial charge in [-0.15, -0.1) is 0 Å². The Morgan fingerprint density at radius 1 is 1.21 bits per heavy atom. The highest BCUT2D eigenvalue weighted by Gasteiger charge is 2.25. The maximum absolute atomic E-state index is 12.1. The maximum atomic E-state index is 12.1. The Labute approximate surface area is 115 Å². The first-order valence-electron chi connectivity index (χ1n) is 7.57. The number of nitrogens with two attached hydrogens (primary N) is 1. The Morgan fingerprint density at radius 2 is 1.89 bits per heavy atom. The summed E-state index contributed by atoms with van der Waals surface area (Å²) in [7, 11) is 0. The maximum Gasteiger partial charge on any atom is 0.223 e.